The van der Waals surface area contributed by atoms with Gasteiger partial charge in [-0.3, -0.25) is 0 Å². The van der Waals surface area contributed by atoms with Crippen molar-refractivity contribution in [1.82, 2.24) is 0 Å². The number of furan rings is 1. The van der Waals surface area contributed by atoms with Crippen molar-refractivity contribution >= 4 is 15.0 Å². The van der Waals surface area contributed by atoms with Crippen LogP contribution in [0.2, 0.25) is 5.82 Å². The van der Waals surface area contributed by atoms with Gasteiger partial charge < -0.3 is 0 Å². The summed E-state index contributed by atoms with van der Waals surface area (Å²) in [6.07, 6.45) is 1.72. The molecular formula is C6H8OSe. The van der Waals surface area contributed by atoms with E-state index in [1.54, 1.807) is 6.26 Å². The molecule has 1 nitrogen and oxygen atoms in total. The Hall–Kier alpha value is -0.201. The number of hydrogen-bond acceptors (Lipinski definition) is 1. The van der Waals surface area contributed by atoms with Crippen LogP contribution in [0.25, 0.3) is 0 Å². The van der Waals surface area contributed by atoms with Crippen LogP contribution >= 0.6 is 0 Å². The van der Waals surface area contributed by atoms with Gasteiger partial charge in [0.15, 0.2) is 0 Å². The van der Waals surface area contributed by atoms with E-state index < -0.39 is 0 Å². The Balaban J connectivity index is 2.50. The molecule has 1 aromatic heterocycles. The molecule has 1 heterocycles. The van der Waals surface area contributed by atoms with Gasteiger partial charge in [-0.05, 0) is 0 Å². The molecule has 0 atom stereocenters. The average molecular weight is 175 g/mol. The van der Waals surface area contributed by atoms with Crippen LogP contribution in [-0.4, -0.2) is 15.0 Å². The molecule has 0 aliphatic heterocycles. The molecule has 2 heteroatoms. The van der Waals surface area contributed by atoms with E-state index in [0.29, 0.717) is 15.0 Å². The van der Waals surface area contributed by atoms with E-state index in [0.717, 1.165) is 11.1 Å². The van der Waals surface area contributed by atoms with Crippen molar-refractivity contribution in [2.24, 2.45) is 0 Å². The van der Waals surface area contributed by atoms with Gasteiger partial charge in [-0.25, -0.2) is 0 Å². The van der Waals surface area contributed by atoms with Crippen molar-refractivity contribution < 1.29 is 4.42 Å². The second-order valence-corrected chi connectivity index (χ2v) is 3.33. The Morgan fingerprint density at radius 1 is 1.75 bits per heavy atom. The first-order chi connectivity index (χ1) is 3.93. The molecule has 44 valence electrons. The molecule has 8 heavy (non-hydrogen) atoms. The third-order valence-corrected chi connectivity index (χ3v) is 2.07. The molecule has 0 saturated carbocycles. The van der Waals surface area contributed by atoms with Crippen LogP contribution in [0, 0.1) is 0 Å². The van der Waals surface area contributed by atoms with Gasteiger partial charge in [-0.15, -0.1) is 0 Å². The molecule has 1 rings (SSSR count). The Morgan fingerprint density at radius 3 is 3.12 bits per heavy atom. The summed E-state index contributed by atoms with van der Waals surface area (Å²) in [4.78, 5) is 0. The third kappa shape index (κ3) is 1.39. The zero-order valence-electron chi connectivity index (χ0n) is 4.76. The van der Waals surface area contributed by atoms with E-state index in [1.807, 2.05) is 12.1 Å². The average Bonchev–Trinajstić information content (AvgIpc) is 2.19. The fraction of sp³-hybridized carbons (Fsp3) is 0.333. The first-order valence-corrected chi connectivity index (χ1v) is 5.37. The van der Waals surface area contributed by atoms with Crippen LogP contribution in [0.15, 0.2) is 22.8 Å². The van der Waals surface area contributed by atoms with Crippen molar-refractivity contribution in [2.45, 2.75) is 11.1 Å². The Morgan fingerprint density at radius 2 is 2.62 bits per heavy atom. The van der Waals surface area contributed by atoms with E-state index in [1.165, 1.54) is 0 Å². The molecule has 0 aliphatic rings. The molecule has 0 aromatic carbocycles. The van der Waals surface area contributed by atoms with E-state index in [4.69, 9.17) is 4.42 Å². The molecule has 0 bridgehead atoms. The van der Waals surface area contributed by atoms with E-state index in [2.05, 4.69) is 5.82 Å². The number of rotatable bonds is 2. The minimum absolute atomic E-state index is 0.706. The second-order valence-electron chi connectivity index (χ2n) is 1.51. The zero-order chi connectivity index (χ0) is 5.82. The van der Waals surface area contributed by atoms with E-state index in [-0.39, 0.29) is 0 Å². The van der Waals surface area contributed by atoms with Gasteiger partial charge in [0.25, 0.3) is 0 Å². The minimum atomic E-state index is 0.706. The topological polar surface area (TPSA) is 13.1 Å². The third-order valence-electron chi connectivity index (χ3n) is 0.867. The maximum absolute atomic E-state index is 5.09. The fourth-order valence-electron chi connectivity index (χ4n) is 0.537. The molecule has 0 saturated heterocycles. The number of hydrogen-bond donors (Lipinski definition) is 0. The molecule has 0 aliphatic carbocycles. The quantitative estimate of drug-likeness (QED) is 0.621. The van der Waals surface area contributed by atoms with Gasteiger partial charge in [0.2, 0.25) is 0 Å². The monoisotopic (exact) mass is 176 g/mol. The van der Waals surface area contributed by atoms with Crippen molar-refractivity contribution in [3.8, 4) is 0 Å². The van der Waals surface area contributed by atoms with Crippen molar-refractivity contribution in [3.63, 3.8) is 0 Å². The molecule has 0 fully saturated rings. The normalized spacial score (nSPS) is 9.62. The molecule has 0 spiro atoms. The van der Waals surface area contributed by atoms with Gasteiger partial charge in [-0.1, -0.05) is 0 Å². The molecule has 0 radical (unpaired) electrons. The summed E-state index contributed by atoms with van der Waals surface area (Å²) in [6.45, 7) is 0. The summed E-state index contributed by atoms with van der Waals surface area (Å²) in [5.41, 5.74) is 0. The summed E-state index contributed by atoms with van der Waals surface area (Å²) in [5, 5.41) is 1.12. The summed E-state index contributed by atoms with van der Waals surface area (Å²) < 4.78 is 5.09. The standard InChI is InChI=1S/C6H8OSe/c1-8-5-6-3-2-4-7-6/h2-4H,5H2,1H3. The first kappa shape index (κ1) is 5.93. The van der Waals surface area contributed by atoms with Crippen LogP contribution in [0.4, 0.5) is 0 Å². The van der Waals surface area contributed by atoms with E-state index >= 15 is 0 Å². The van der Waals surface area contributed by atoms with Gasteiger partial charge in [0.1, 0.15) is 0 Å². The SMILES string of the molecule is C[Se]Cc1ccco1. The first-order valence-electron chi connectivity index (χ1n) is 2.45. The van der Waals surface area contributed by atoms with E-state index in [9.17, 15) is 0 Å². The van der Waals surface area contributed by atoms with Crippen molar-refractivity contribution in [3.05, 3.63) is 24.2 Å². The summed E-state index contributed by atoms with van der Waals surface area (Å²) >= 11 is 0.706. The van der Waals surface area contributed by atoms with Crippen molar-refractivity contribution in [2.75, 3.05) is 0 Å². The van der Waals surface area contributed by atoms with Crippen LogP contribution < -0.4 is 0 Å². The van der Waals surface area contributed by atoms with Crippen LogP contribution in [-0.2, 0) is 5.32 Å². The van der Waals surface area contributed by atoms with Crippen LogP contribution in [0.1, 0.15) is 5.76 Å². The predicted octanol–water partition coefficient (Wildman–Crippen LogP) is 1.53. The van der Waals surface area contributed by atoms with Gasteiger partial charge >= 0.3 is 54.7 Å². The maximum atomic E-state index is 5.09. The van der Waals surface area contributed by atoms with Gasteiger partial charge in [0, 0.05) is 0 Å². The summed E-state index contributed by atoms with van der Waals surface area (Å²) in [5.74, 6) is 3.32. The molecule has 0 unspecified atom stereocenters. The summed E-state index contributed by atoms with van der Waals surface area (Å²) in [7, 11) is 0. The van der Waals surface area contributed by atoms with Gasteiger partial charge in [0.05, 0.1) is 0 Å². The second kappa shape index (κ2) is 2.95. The fourth-order valence-corrected chi connectivity index (χ4v) is 1.48. The summed E-state index contributed by atoms with van der Waals surface area (Å²) in [6, 6.07) is 3.95. The molecule has 0 amide bonds. The Labute approximate surface area is 55.2 Å². The Bertz CT molecular complexity index is 134. The van der Waals surface area contributed by atoms with Crippen LogP contribution in [0.3, 0.4) is 0 Å². The molecule has 1 aromatic rings. The van der Waals surface area contributed by atoms with Crippen molar-refractivity contribution in [1.29, 1.82) is 0 Å². The molecule has 0 N–H and O–H groups in total. The van der Waals surface area contributed by atoms with Gasteiger partial charge in [-0.2, -0.15) is 0 Å². The van der Waals surface area contributed by atoms with Crippen LogP contribution in [0.5, 0.6) is 0 Å². The predicted molar refractivity (Wildman–Crippen MR) is 34.0 cm³/mol. The Kier molecular flexibility index (Phi) is 2.19. The molecular weight excluding hydrogens is 167 g/mol. The zero-order valence-corrected chi connectivity index (χ0v) is 6.47.